The van der Waals surface area contributed by atoms with Gasteiger partial charge in [-0.25, -0.2) is 17.2 Å². The average molecular weight is 307 g/mol. The number of sulfonamides is 1. The number of aliphatic carboxylic acids is 1. The zero-order valence-electron chi connectivity index (χ0n) is 10.9. The smallest absolute Gasteiger partial charge is 0.322 e. The van der Waals surface area contributed by atoms with E-state index in [4.69, 9.17) is 5.11 Å². The van der Waals surface area contributed by atoms with Crippen molar-refractivity contribution in [3.63, 3.8) is 0 Å². The van der Waals surface area contributed by atoms with Crippen LogP contribution in [0.4, 0.5) is 8.78 Å². The molecule has 2 N–H and O–H groups in total. The maximum Gasteiger partial charge on any atom is 0.322 e. The van der Waals surface area contributed by atoms with Crippen LogP contribution in [0.25, 0.3) is 0 Å². The summed E-state index contributed by atoms with van der Waals surface area (Å²) in [5.41, 5.74) is 0. The minimum Gasteiger partial charge on any atom is -0.480 e. The van der Waals surface area contributed by atoms with Gasteiger partial charge in [0, 0.05) is 0 Å². The first-order valence-corrected chi connectivity index (χ1v) is 7.37. The van der Waals surface area contributed by atoms with E-state index in [1.54, 1.807) is 13.8 Å². The van der Waals surface area contributed by atoms with Gasteiger partial charge in [-0.3, -0.25) is 4.79 Å². The zero-order chi connectivity index (χ0) is 15.5. The van der Waals surface area contributed by atoms with Gasteiger partial charge >= 0.3 is 5.97 Å². The maximum absolute atomic E-state index is 13.5. The van der Waals surface area contributed by atoms with Crippen molar-refractivity contribution >= 4 is 16.0 Å². The summed E-state index contributed by atoms with van der Waals surface area (Å²) < 4.78 is 52.3. The summed E-state index contributed by atoms with van der Waals surface area (Å²) in [6, 6.07) is 0.543. The van der Waals surface area contributed by atoms with Crippen LogP contribution in [0.15, 0.2) is 23.1 Å². The number of carboxylic acid groups (broad SMARTS) is 1. The van der Waals surface area contributed by atoms with E-state index in [1.165, 1.54) is 0 Å². The van der Waals surface area contributed by atoms with Crippen molar-refractivity contribution in [2.24, 2.45) is 5.92 Å². The van der Waals surface area contributed by atoms with E-state index in [1.807, 2.05) is 4.72 Å². The highest BCUT2D eigenvalue weighted by atomic mass is 32.2. The lowest BCUT2D eigenvalue weighted by atomic mass is 10.0. The molecular formula is C12H15F2NO4S. The van der Waals surface area contributed by atoms with E-state index in [0.717, 1.165) is 6.07 Å². The number of carbonyl (C=O) groups is 1. The molecule has 1 unspecified atom stereocenters. The average Bonchev–Trinajstić information content (AvgIpc) is 2.37. The maximum atomic E-state index is 13.5. The Kier molecular flexibility index (Phi) is 5.18. The lowest BCUT2D eigenvalue weighted by Gasteiger charge is -2.20. The first kappa shape index (κ1) is 16.5. The predicted octanol–water partition coefficient (Wildman–Crippen LogP) is 1.74. The van der Waals surface area contributed by atoms with Crippen LogP contribution in [0.5, 0.6) is 0 Å². The Bertz CT molecular complexity index is 603. The fraction of sp³-hybridized carbons (Fsp3) is 0.417. The minimum absolute atomic E-state index is 0.408. The highest BCUT2D eigenvalue weighted by Crippen LogP contribution is 2.18. The number of carboxylic acids is 1. The highest BCUT2D eigenvalue weighted by molar-refractivity contribution is 7.89. The van der Waals surface area contributed by atoms with Crippen LogP contribution < -0.4 is 4.72 Å². The van der Waals surface area contributed by atoms with Gasteiger partial charge in [-0.2, -0.15) is 4.72 Å². The van der Waals surface area contributed by atoms with Gasteiger partial charge in [0.2, 0.25) is 10.0 Å². The molecule has 0 aliphatic rings. The molecule has 20 heavy (non-hydrogen) atoms. The van der Waals surface area contributed by atoms with Crippen LogP contribution in [0, 0.1) is 17.6 Å². The lowest BCUT2D eigenvalue weighted by molar-refractivity contribution is -0.140. The van der Waals surface area contributed by atoms with Gasteiger partial charge in [0.15, 0.2) is 0 Å². The topological polar surface area (TPSA) is 83.5 Å². The Morgan fingerprint density at radius 1 is 1.40 bits per heavy atom. The van der Waals surface area contributed by atoms with Crippen LogP contribution in [0.3, 0.4) is 0 Å². The molecule has 0 aromatic heterocycles. The van der Waals surface area contributed by atoms with Crippen molar-refractivity contribution in [2.75, 3.05) is 0 Å². The van der Waals surface area contributed by atoms with E-state index < -0.39 is 44.5 Å². The fourth-order valence-corrected chi connectivity index (χ4v) is 2.95. The molecule has 0 amide bonds. The van der Waals surface area contributed by atoms with E-state index in [9.17, 15) is 22.0 Å². The molecule has 8 heteroatoms. The Morgan fingerprint density at radius 2 is 2.00 bits per heavy atom. The molecule has 0 aliphatic carbocycles. The summed E-state index contributed by atoms with van der Waals surface area (Å²) in [5.74, 6) is -3.95. The van der Waals surface area contributed by atoms with E-state index in [0.29, 0.717) is 18.6 Å². The van der Waals surface area contributed by atoms with E-state index >= 15 is 0 Å². The number of hydrogen-bond donors (Lipinski definition) is 2. The third-order valence-electron chi connectivity index (χ3n) is 2.94. The number of halogens is 2. The Labute approximate surface area is 115 Å². The number of rotatable bonds is 6. The predicted molar refractivity (Wildman–Crippen MR) is 67.6 cm³/mol. The summed E-state index contributed by atoms with van der Waals surface area (Å²) in [5, 5.41) is 9.01. The molecule has 112 valence electrons. The van der Waals surface area contributed by atoms with Gasteiger partial charge in [0.05, 0.1) is 0 Å². The third kappa shape index (κ3) is 3.73. The molecule has 0 aliphatic heterocycles. The van der Waals surface area contributed by atoms with Crippen molar-refractivity contribution in [1.29, 1.82) is 0 Å². The monoisotopic (exact) mass is 307 g/mol. The van der Waals surface area contributed by atoms with Gasteiger partial charge in [-0.1, -0.05) is 20.3 Å². The standard InChI is InChI=1S/C12H15F2NO4S/c1-3-7(2)11(12(16)17)15-20(18,19)10-6-8(13)4-5-9(10)14/h4-7,11,15H,3H2,1-2H3,(H,16,17)/t7?,11-/m0/s1. The molecule has 0 spiro atoms. The first-order valence-electron chi connectivity index (χ1n) is 5.89. The third-order valence-corrected chi connectivity index (χ3v) is 4.40. The second kappa shape index (κ2) is 6.27. The van der Waals surface area contributed by atoms with Crippen molar-refractivity contribution in [3.05, 3.63) is 29.8 Å². The molecule has 0 saturated heterocycles. The molecule has 0 bridgehead atoms. The summed E-state index contributed by atoms with van der Waals surface area (Å²) in [6.45, 7) is 3.24. The van der Waals surface area contributed by atoms with Crippen molar-refractivity contribution < 1.29 is 27.1 Å². The zero-order valence-corrected chi connectivity index (χ0v) is 11.7. The molecule has 2 atom stereocenters. The molecule has 5 nitrogen and oxygen atoms in total. The van der Waals surface area contributed by atoms with Gasteiger partial charge in [-0.15, -0.1) is 0 Å². The summed E-state index contributed by atoms with van der Waals surface area (Å²) in [4.78, 5) is 10.2. The van der Waals surface area contributed by atoms with Crippen molar-refractivity contribution in [1.82, 2.24) is 4.72 Å². The van der Waals surface area contributed by atoms with Crippen LogP contribution in [0.1, 0.15) is 20.3 Å². The number of benzene rings is 1. The SMILES string of the molecule is CCC(C)[C@H](NS(=O)(=O)c1cc(F)ccc1F)C(=O)O. The van der Waals surface area contributed by atoms with Crippen LogP contribution >= 0.6 is 0 Å². The number of hydrogen-bond acceptors (Lipinski definition) is 3. The summed E-state index contributed by atoms with van der Waals surface area (Å²) in [7, 11) is -4.46. The minimum atomic E-state index is -4.46. The van der Waals surface area contributed by atoms with Gasteiger partial charge < -0.3 is 5.11 Å². The largest absolute Gasteiger partial charge is 0.480 e. The van der Waals surface area contributed by atoms with E-state index in [-0.39, 0.29) is 0 Å². The summed E-state index contributed by atoms with van der Waals surface area (Å²) in [6.07, 6.45) is 0.408. The lowest BCUT2D eigenvalue weighted by Crippen LogP contribution is -2.45. The second-order valence-electron chi connectivity index (χ2n) is 4.40. The van der Waals surface area contributed by atoms with Crippen LogP contribution in [0.2, 0.25) is 0 Å². The highest BCUT2D eigenvalue weighted by Gasteiger charge is 2.31. The molecule has 1 aromatic rings. The normalized spacial score (nSPS) is 14.8. The van der Waals surface area contributed by atoms with E-state index in [2.05, 4.69) is 0 Å². The molecular weight excluding hydrogens is 292 g/mol. The van der Waals surface area contributed by atoms with Gasteiger partial charge in [-0.05, 0) is 24.1 Å². The van der Waals surface area contributed by atoms with Gasteiger partial charge in [0.1, 0.15) is 22.6 Å². The molecule has 1 aromatic carbocycles. The molecule has 0 saturated carbocycles. The Morgan fingerprint density at radius 3 is 2.50 bits per heavy atom. The Hall–Kier alpha value is -1.54. The van der Waals surface area contributed by atoms with Crippen molar-refractivity contribution in [3.8, 4) is 0 Å². The fourth-order valence-electron chi connectivity index (χ4n) is 1.56. The molecule has 0 fully saturated rings. The number of nitrogens with one attached hydrogen (secondary N) is 1. The summed E-state index contributed by atoms with van der Waals surface area (Å²) >= 11 is 0. The first-order chi connectivity index (χ1) is 9.19. The molecule has 0 radical (unpaired) electrons. The van der Waals surface area contributed by atoms with Crippen LogP contribution in [-0.2, 0) is 14.8 Å². The van der Waals surface area contributed by atoms with Gasteiger partial charge in [0.25, 0.3) is 0 Å². The van der Waals surface area contributed by atoms with Crippen molar-refractivity contribution in [2.45, 2.75) is 31.2 Å². The molecule has 1 rings (SSSR count). The second-order valence-corrected chi connectivity index (χ2v) is 6.08. The quantitative estimate of drug-likeness (QED) is 0.838. The van der Waals surface area contributed by atoms with Crippen LogP contribution in [-0.4, -0.2) is 25.5 Å². The Balaban J connectivity index is 3.16. The molecule has 0 heterocycles.